The second-order valence-electron chi connectivity index (χ2n) is 5.59. The Morgan fingerprint density at radius 1 is 1.18 bits per heavy atom. The zero-order valence-electron chi connectivity index (χ0n) is 12.3. The quantitative estimate of drug-likeness (QED) is 0.735. The number of nitrogens with one attached hydrogen (secondary N) is 1. The first-order valence-electron chi connectivity index (χ1n) is 7.72. The Bertz CT molecular complexity index is 189. The predicted molar refractivity (Wildman–Crippen MR) is 76.4 cm³/mol. The lowest BCUT2D eigenvalue weighted by Gasteiger charge is -2.41. The fraction of sp³-hybridized carbons (Fsp3) is 1.00. The first-order valence-corrected chi connectivity index (χ1v) is 7.72. The Morgan fingerprint density at radius 2 is 1.88 bits per heavy atom. The molecule has 0 aliphatic carbocycles. The maximum absolute atomic E-state index is 3.72. The Morgan fingerprint density at radius 3 is 2.41 bits per heavy atom. The molecule has 0 bridgehead atoms. The molecular weight excluding hydrogens is 208 g/mol. The summed E-state index contributed by atoms with van der Waals surface area (Å²) in [6.07, 6.45) is 6.57. The van der Waals surface area contributed by atoms with E-state index in [2.05, 4.69) is 37.9 Å². The molecule has 1 heterocycles. The van der Waals surface area contributed by atoms with Crippen LogP contribution in [0, 0.1) is 5.92 Å². The van der Waals surface area contributed by atoms with Crippen molar-refractivity contribution in [1.29, 1.82) is 0 Å². The summed E-state index contributed by atoms with van der Waals surface area (Å²) in [7, 11) is 0. The molecule has 0 aromatic carbocycles. The molecule has 0 spiro atoms. The summed E-state index contributed by atoms with van der Waals surface area (Å²) in [5, 5.41) is 3.72. The van der Waals surface area contributed by atoms with E-state index in [1.165, 1.54) is 51.7 Å². The normalized spacial score (nSPS) is 26.6. The van der Waals surface area contributed by atoms with Gasteiger partial charge in [-0.3, -0.25) is 4.90 Å². The van der Waals surface area contributed by atoms with E-state index < -0.39 is 0 Å². The van der Waals surface area contributed by atoms with Gasteiger partial charge in [-0.1, -0.05) is 47.0 Å². The molecule has 17 heavy (non-hydrogen) atoms. The number of hydrogen-bond acceptors (Lipinski definition) is 2. The van der Waals surface area contributed by atoms with Gasteiger partial charge in [-0.15, -0.1) is 0 Å². The number of piperazine rings is 1. The number of rotatable bonds is 7. The van der Waals surface area contributed by atoms with E-state index in [-0.39, 0.29) is 0 Å². The Balaban J connectivity index is 2.50. The van der Waals surface area contributed by atoms with Crippen molar-refractivity contribution < 1.29 is 0 Å². The SMILES string of the molecule is CCCC1CN(CC(CC)CC)C(CC)CN1. The Labute approximate surface area is 108 Å². The lowest BCUT2D eigenvalue weighted by molar-refractivity contribution is 0.102. The van der Waals surface area contributed by atoms with Crippen LogP contribution in [-0.4, -0.2) is 36.6 Å². The molecule has 0 aromatic heterocycles. The molecule has 1 saturated heterocycles. The van der Waals surface area contributed by atoms with Crippen LogP contribution in [0.2, 0.25) is 0 Å². The minimum absolute atomic E-state index is 0.733. The molecule has 102 valence electrons. The van der Waals surface area contributed by atoms with Crippen molar-refractivity contribution in [3.05, 3.63) is 0 Å². The summed E-state index contributed by atoms with van der Waals surface area (Å²) in [4.78, 5) is 2.76. The van der Waals surface area contributed by atoms with Gasteiger partial charge in [0.05, 0.1) is 0 Å². The molecule has 0 amide bonds. The van der Waals surface area contributed by atoms with E-state index in [0.29, 0.717) is 0 Å². The monoisotopic (exact) mass is 240 g/mol. The molecule has 1 aliphatic heterocycles. The van der Waals surface area contributed by atoms with Gasteiger partial charge in [0.25, 0.3) is 0 Å². The molecule has 2 unspecified atom stereocenters. The van der Waals surface area contributed by atoms with Gasteiger partial charge in [-0.25, -0.2) is 0 Å². The zero-order chi connectivity index (χ0) is 12.7. The first kappa shape index (κ1) is 15.0. The van der Waals surface area contributed by atoms with Crippen molar-refractivity contribution in [2.75, 3.05) is 19.6 Å². The van der Waals surface area contributed by atoms with E-state index in [1.807, 2.05) is 0 Å². The smallest absolute Gasteiger partial charge is 0.0218 e. The lowest BCUT2D eigenvalue weighted by Crippen LogP contribution is -2.57. The van der Waals surface area contributed by atoms with Crippen LogP contribution in [0.15, 0.2) is 0 Å². The van der Waals surface area contributed by atoms with Crippen molar-refractivity contribution in [2.24, 2.45) is 5.92 Å². The molecule has 0 saturated carbocycles. The largest absolute Gasteiger partial charge is 0.311 e. The topological polar surface area (TPSA) is 15.3 Å². The van der Waals surface area contributed by atoms with Gasteiger partial charge in [-0.05, 0) is 18.8 Å². The molecule has 2 nitrogen and oxygen atoms in total. The summed E-state index contributed by atoms with van der Waals surface area (Å²) in [6, 6.07) is 1.50. The van der Waals surface area contributed by atoms with Crippen LogP contribution in [0.3, 0.4) is 0 Å². The van der Waals surface area contributed by atoms with Crippen LogP contribution in [0.4, 0.5) is 0 Å². The predicted octanol–water partition coefficient (Wildman–Crippen LogP) is 3.28. The van der Waals surface area contributed by atoms with Gasteiger partial charge < -0.3 is 5.32 Å². The van der Waals surface area contributed by atoms with Crippen molar-refractivity contribution in [3.63, 3.8) is 0 Å². The average Bonchev–Trinajstić information content (AvgIpc) is 2.36. The summed E-state index contributed by atoms with van der Waals surface area (Å²) in [5.74, 6) is 0.893. The Kier molecular flexibility index (Phi) is 7.14. The molecule has 0 radical (unpaired) electrons. The fourth-order valence-corrected chi connectivity index (χ4v) is 2.97. The zero-order valence-corrected chi connectivity index (χ0v) is 12.3. The van der Waals surface area contributed by atoms with E-state index in [1.54, 1.807) is 0 Å². The van der Waals surface area contributed by atoms with Crippen LogP contribution in [0.1, 0.15) is 59.8 Å². The third-order valence-electron chi connectivity index (χ3n) is 4.37. The highest BCUT2D eigenvalue weighted by Crippen LogP contribution is 2.18. The van der Waals surface area contributed by atoms with Gasteiger partial charge in [-0.2, -0.15) is 0 Å². The molecule has 1 fully saturated rings. The van der Waals surface area contributed by atoms with E-state index >= 15 is 0 Å². The minimum atomic E-state index is 0.733. The van der Waals surface area contributed by atoms with Crippen LogP contribution >= 0.6 is 0 Å². The van der Waals surface area contributed by atoms with Crippen LogP contribution in [0.25, 0.3) is 0 Å². The lowest BCUT2D eigenvalue weighted by atomic mass is 9.98. The standard InChI is InChI=1S/C15H32N2/c1-5-9-14-12-17(11-13(6-2)7-3)15(8-4)10-16-14/h13-16H,5-12H2,1-4H3. The third kappa shape index (κ3) is 4.59. The maximum atomic E-state index is 3.72. The highest BCUT2D eigenvalue weighted by Gasteiger charge is 2.27. The molecule has 1 aliphatic rings. The van der Waals surface area contributed by atoms with E-state index in [0.717, 1.165) is 18.0 Å². The highest BCUT2D eigenvalue weighted by atomic mass is 15.2. The summed E-state index contributed by atoms with van der Waals surface area (Å²) >= 11 is 0. The van der Waals surface area contributed by atoms with Crippen LogP contribution in [0.5, 0.6) is 0 Å². The molecule has 1 rings (SSSR count). The van der Waals surface area contributed by atoms with Crippen molar-refractivity contribution in [2.45, 2.75) is 71.9 Å². The van der Waals surface area contributed by atoms with Gasteiger partial charge in [0.15, 0.2) is 0 Å². The fourth-order valence-electron chi connectivity index (χ4n) is 2.97. The number of hydrogen-bond donors (Lipinski definition) is 1. The third-order valence-corrected chi connectivity index (χ3v) is 4.37. The van der Waals surface area contributed by atoms with Crippen LogP contribution < -0.4 is 5.32 Å². The average molecular weight is 240 g/mol. The Hall–Kier alpha value is -0.0800. The van der Waals surface area contributed by atoms with Gasteiger partial charge in [0.1, 0.15) is 0 Å². The molecule has 2 heteroatoms. The van der Waals surface area contributed by atoms with Crippen molar-refractivity contribution >= 4 is 0 Å². The second-order valence-corrected chi connectivity index (χ2v) is 5.59. The van der Waals surface area contributed by atoms with Crippen LogP contribution in [-0.2, 0) is 0 Å². The van der Waals surface area contributed by atoms with Crippen molar-refractivity contribution in [3.8, 4) is 0 Å². The van der Waals surface area contributed by atoms with Crippen molar-refractivity contribution in [1.82, 2.24) is 10.2 Å². The molecule has 2 atom stereocenters. The molecule has 1 N–H and O–H groups in total. The summed E-state index contributed by atoms with van der Waals surface area (Å²) in [6.45, 7) is 13.1. The van der Waals surface area contributed by atoms with E-state index in [9.17, 15) is 0 Å². The van der Waals surface area contributed by atoms with Gasteiger partial charge in [0, 0.05) is 31.7 Å². The maximum Gasteiger partial charge on any atom is 0.0218 e. The minimum Gasteiger partial charge on any atom is -0.311 e. The molecule has 0 aromatic rings. The van der Waals surface area contributed by atoms with Gasteiger partial charge in [0.2, 0.25) is 0 Å². The number of nitrogens with zero attached hydrogens (tertiary/aromatic N) is 1. The van der Waals surface area contributed by atoms with E-state index in [4.69, 9.17) is 0 Å². The summed E-state index contributed by atoms with van der Waals surface area (Å²) < 4.78 is 0. The summed E-state index contributed by atoms with van der Waals surface area (Å²) in [5.41, 5.74) is 0. The second kappa shape index (κ2) is 8.10. The van der Waals surface area contributed by atoms with Gasteiger partial charge >= 0.3 is 0 Å². The molecular formula is C15H32N2. The first-order chi connectivity index (χ1) is 8.24. The highest BCUT2D eigenvalue weighted by molar-refractivity contribution is 4.86.